The van der Waals surface area contributed by atoms with Gasteiger partial charge < -0.3 is 23.9 Å². The second-order valence-electron chi connectivity index (χ2n) is 6.75. The third-order valence-electron chi connectivity index (χ3n) is 5.09. The zero-order valence-electron chi connectivity index (χ0n) is 16.7. The Bertz CT molecular complexity index is 744. The molecule has 0 saturated carbocycles. The van der Waals surface area contributed by atoms with E-state index in [1.165, 1.54) is 27.8 Å². The Labute approximate surface area is 165 Å². The van der Waals surface area contributed by atoms with Gasteiger partial charge in [-0.05, 0) is 50.2 Å². The van der Waals surface area contributed by atoms with Gasteiger partial charge in [0.2, 0.25) is 5.75 Å². The Morgan fingerprint density at radius 3 is 2.32 bits per heavy atom. The highest BCUT2D eigenvalue weighted by Gasteiger charge is 2.25. The lowest BCUT2D eigenvalue weighted by atomic mass is 10.1. The molecule has 1 aromatic heterocycles. The third-order valence-corrected chi connectivity index (χ3v) is 5.09. The summed E-state index contributed by atoms with van der Waals surface area (Å²) in [5.74, 6) is 2.03. The van der Waals surface area contributed by atoms with E-state index in [0.717, 1.165) is 31.7 Å². The number of benzene rings is 1. The molecule has 2 aromatic rings. The summed E-state index contributed by atoms with van der Waals surface area (Å²) in [6, 6.07) is 7.17. The van der Waals surface area contributed by atoms with Gasteiger partial charge in [-0.25, -0.2) is 0 Å². The van der Waals surface area contributed by atoms with E-state index in [-0.39, 0.29) is 11.9 Å². The number of likely N-dealkylation sites (tertiary alicyclic amines) is 1. The number of ether oxygens (including phenoxy) is 3. The van der Waals surface area contributed by atoms with E-state index >= 15 is 0 Å². The highest BCUT2D eigenvalue weighted by Crippen LogP contribution is 2.38. The molecule has 0 bridgehead atoms. The van der Waals surface area contributed by atoms with Crippen LogP contribution in [0.1, 0.15) is 41.4 Å². The summed E-state index contributed by atoms with van der Waals surface area (Å²) in [4.78, 5) is 15.2. The number of hydrogen-bond acceptors (Lipinski definition) is 6. The Morgan fingerprint density at radius 2 is 1.79 bits per heavy atom. The number of carbonyl (C=O) groups is 1. The van der Waals surface area contributed by atoms with Crippen molar-refractivity contribution in [3.63, 3.8) is 0 Å². The molecular formula is C21H28N2O5. The van der Waals surface area contributed by atoms with Crippen molar-refractivity contribution in [3.05, 3.63) is 41.9 Å². The van der Waals surface area contributed by atoms with E-state index in [9.17, 15) is 4.79 Å². The number of hydrogen-bond donors (Lipinski definition) is 1. The summed E-state index contributed by atoms with van der Waals surface area (Å²) >= 11 is 0. The van der Waals surface area contributed by atoms with Gasteiger partial charge >= 0.3 is 0 Å². The molecule has 0 radical (unpaired) electrons. The van der Waals surface area contributed by atoms with E-state index in [4.69, 9.17) is 18.6 Å². The predicted molar refractivity (Wildman–Crippen MR) is 105 cm³/mol. The van der Waals surface area contributed by atoms with Gasteiger partial charge in [-0.3, -0.25) is 9.69 Å². The molecule has 3 rings (SSSR count). The van der Waals surface area contributed by atoms with Crippen LogP contribution < -0.4 is 19.5 Å². The van der Waals surface area contributed by atoms with Crippen molar-refractivity contribution >= 4 is 5.91 Å². The molecule has 152 valence electrons. The average molecular weight is 388 g/mol. The minimum absolute atomic E-state index is 0.0151. The fourth-order valence-electron chi connectivity index (χ4n) is 3.62. The smallest absolute Gasteiger partial charge is 0.251 e. The molecule has 1 aliphatic rings. The van der Waals surface area contributed by atoms with Crippen molar-refractivity contribution in [3.8, 4) is 17.2 Å². The van der Waals surface area contributed by atoms with Crippen molar-refractivity contribution in [1.29, 1.82) is 0 Å². The normalized spacial score (nSPS) is 15.7. The molecule has 2 heterocycles. The number of carbonyl (C=O) groups excluding carboxylic acids is 1. The summed E-state index contributed by atoms with van der Waals surface area (Å²) in [5, 5.41) is 3.03. The number of methoxy groups -OCH3 is 3. The van der Waals surface area contributed by atoms with E-state index in [2.05, 4.69) is 10.2 Å². The van der Waals surface area contributed by atoms with Gasteiger partial charge in [-0.2, -0.15) is 0 Å². The Morgan fingerprint density at radius 1 is 1.11 bits per heavy atom. The molecule has 1 N–H and O–H groups in total. The van der Waals surface area contributed by atoms with E-state index in [1.54, 1.807) is 18.4 Å². The molecule has 0 aliphatic carbocycles. The van der Waals surface area contributed by atoms with Gasteiger partial charge in [0.25, 0.3) is 5.91 Å². The van der Waals surface area contributed by atoms with Crippen LogP contribution in [0.3, 0.4) is 0 Å². The van der Waals surface area contributed by atoms with Gasteiger partial charge in [0.15, 0.2) is 11.5 Å². The SMILES string of the molecule is COc1cc(C(=O)NCC(c2ccco2)N2CCCCC2)cc(OC)c1OC. The van der Waals surface area contributed by atoms with Crippen molar-refractivity contribution in [2.75, 3.05) is 41.0 Å². The van der Waals surface area contributed by atoms with Gasteiger partial charge in [-0.1, -0.05) is 6.42 Å². The van der Waals surface area contributed by atoms with E-state index < -0.39 is 0 Å². The topological polar surface area (TPSA) is 73.2 Å². The number of piperidine rings is 1. The lowest BCUT2D eigenvalue weighted by Crippen LogP contribution is -2.40. The molecule has 1 aliphatic heterocycles. The van der Waals surface area contributed by atoms with Crippen molar-refractivity contribution in [2.45, 2.75) is 25.3 Å². The molecule has 1 amide bonds. The molecule has 1 atom stereocenters. The fraction of sp³-hybridized carbons (Fsp3) is 0.476. The van der Waals surface area contributed by atoms with Crippen LogP contribution in [-0.4, -0.2) is 51.8 Å². The Kier molecular flexibility index (Phi) is 6.81. The number of nitrogens with one attached hydrogen (secondary N) is 1. The fourth-order valence-corrected chi connectivity index (χ4v) is 3.62. The van der Waals surface area contributed by atoms with Crippen LogP contribution in [0.15, 0.2) is 34.9 Å². The van der Waals surface area contributed by atoms with Gasteiger partial charge in [-0.15, -0.1) is 0 Å². The second-order valence-corrected chi connectivity index (χ2v) is 6.75. The van der Waals surface area contributed by atoms with Crippen LogP contribution in [0.4, 0.5) is 0 Å². The van der Waals surface area contributed by atoms with Crippen LogP contribution in [0.5, 0.6) is 17.2 Å². The maximum atomic E-state index is 12.8. The summed E-state index contributed by atoms with van der Waals surface area (Å²) in [6.45, 7) is 2.47. The molecule has 1 saturated heterocycles. The highest BCUT2D eigenvalue weighted by molar-refractivity contribution is 5.95. The highest BCUT2D eigenvalue weighted by atomic mass is 16.5. The molecule has 1 aromatic carbocycles. The third kappa shape index (κ3) is 4.42. The first-order valence-electron chi connectivity index (χ1n) is 9.53. The van der Waals surface area contributed by atoms with Crippen LogP contribution in [0.25, 0.3) is 0 Å². The van der Waals surface area contributed by atoms with Crippen molar-refractivity contribution in [1.82, 2.24) is 10.2 Å². The molecule has 1 unspecified atom stereocenters. The maximum absolute atomic E-state index is 12.8. The molecule has 7 heteroatoms. The first-order chi connectivity index (χ1) is 13.7. The van der Waals surface area contributed by atoms with Gasteiger partial charge in [0.1, 0.15) is 5.76 Å². The molecule has 0 spiro atoms. The summed E-state index contributed by atoms with van der Waals surface area (Å²) in [7, 11) is 4.59. The summed E-state index contributed by atoms with van der Waals surface area (Å²) < 4.78 is 21.6. The van der Waals surface area contributed by atoms with Gasteiger partial charge in [0.05, 0.1) is 33.6 Å². The Hall–Kier alpha value is -2.67. The van der Waals surface area contributed by atoms with Crippen LogP contribution in [-0.2, 0) is 0 Å². The first-order valence-corrected chi connectivity index (χ1v) is 9.53. The summed E-state index contributed by atoms with van der Waals surface area (Å²) in [6.07, 6.45) is 5.25. The van der Waals surface area contributed by atoms with Crippen LogP contribution in [0.2, 0.25) is 0 Å². The van der Waals surface area contributed by atoms with Crippen LogP contribution in [0, 0.1) is 0 Å². The quantitative estimate of drug-likeness (QED) is 0.748. The Balaban J connectivity index is 1.75. The summed E-state index contributed by atoms with van der Waals surface area (Å²) in [5.41, 5.74) is 0.450. The zero-order valence-corrected chi connectivity index (χ0v) is 16.7. The van der Waals surface area contributed by atoms with Crippen molar-refractivity contribution < 1.29 is 23.4 Å². The zero-order chi connectivity index (χ0) is 19.9. The second kappa shape index (κ2) is 9.50. The molecule has 1 fully saturated rings. The van der Waals surface area contributed by atoms with E-state index in [1.807, 2.05) is 12.1 Å². The molecular weight excluding hydrogens is 360 g/mol. The molecule has 28 heavy (non-hydrogen) atoms. The lowest BCUT2D eigenvalue weighted by molar-refractivity contribution is 0.0913. The lowest BCUT2D eigenvalue weighted by Gasteiger charge is -2.33. The van der Waals surface area contributed by atoms with Gasteiger partial charge in [0, 0.05) is 12.1 Å². The number of furan rings is 1. The number of rotatable bonds is 8. The first kappa shape index (κ1) is 20.1. The minimum atomic E-state index is -0.201. The number of amides is 1. The van der Waals surface area contributed by atoms with Crippen LogP contribution >= 0.6 is 0 Å². The van der Waals surface area contributed by atoms with Crippen molar-refractivity contribution in [2.24, 2.45) is 0 Å². The standard InChI is InChI=1S/C21H28N2O5/c1-25-18-12-15(13-19(26-2)20(18)27-3)21(24)22-14-16(17-8-7-11-28-17)23-9-5-4-6-10-23/h7-8,11-13,16H,4-6,9-10,14H2,1-3H3,(H,22,24). The minimum Gasteiger partial charge on any atom is -0.493 e. The predicted octanol–water partition coefficient (Wildman–Crippen LogP) is 3.26. The average Bonchev–Trinajstić information content (AvgIpc) is 3.27. The maximum Gasteiger partial charge on any atom is 0.251 e. The largest absolute Gasteiger partial charge is 0.493 e. The van der Waals surface area contributed by atoms with E-state index in [0.29, 0.717) is 29.4 Å². The monoisotopic (exact) mass is 388 g/mol. The molecule has 7 nitrogen and oxygen atoms in total. The number of nitrogens with zero attached hydrogens (tertiary/aromatic N) is 1.